The zero-order valence-corrected chi connectivity index (χ0v) is 13.4. The summed E-state index contributed by atoms with van der Waals surface area (Å²) in [6.07, 6.45) is 2.20. The highest BCUT2D eigenvalue weighted by Crippen LogP contribution is 2.29. The summed E-state index contributed by atoms with van der Waals surface area (Å²) in [5.41, 5.74) is 2.57. The van der Waals surface area contributed by atoms with Crippen LogP contribution in [0.1, 0.15) is 52.1 Å². The maximum Gasteiger partial charge on any atom is 0.0606 e. The molecule has 1 aromatic rings. The molecular weight excluding hydrogens is 248 g/mol. The zero-order chi connectivity index (χ0) is 15.0. The molecule has 0 aliphatic heterocycles. The van der Waals surface area contributed by atoms with Gasteiger partial charge >= 0.3 is 0 Å². The van der Waals surface area contributed by atoms with Crippen LogP contribution in [-0.4, -0.2) is 30.8 Å². The largest absolute Gasteiger partial charge is 0.395 e. The third-order valence-electron chi connectivity index (χ3n) is 3.95. The van der Waals surface area contributed by atoms with Crippen molar-refractivity contribution < 1.29 is 5.11 Å². The number of hydrogen-bond acceptors (Lipinski definition) is 3. The van der Waals surface area contributed by atoms with Crippen LogP contribution in [0.25, 0.3) is 0 Å². The van der Waals surface area contributed by atoms with Gasteiger partial charge in [-0.25, -0.2) is 0 Å². The van der Waals surface area contributed by atoms with Crippen molar-refractivity contribution in [3.05, 3.63) is 29.8 Å². The van der Waals surface area contributed by atoms with E-state index >= 15 is 0 Å². The second-order valence-corrected chi connectivity index (χ2v) is 5.23. The van der Waals surface area contributed by atoms with E-state index < -0.39 is 0 Å². The lowest BCUT2D eigenvalue weighted by atomic mass is 10.0. The van der Waals surface area contributed by atoms with Crippen molar-refractivity contribution in [3.63, 3.8) is 0 Å². The first kappa shape index (κ1) is 17.0. The fraction of sp³-hybridized carbons (Fsp3) is 0.647. The van der Waals surface area contributed by atoms with Gasteiger partial charge in [0.15, 0.2) is 0 Å². The third kappa shape index (κ3) is 4.22. The predicted molar refractivity (Wildman–Crippen MR) is 87.3 cm³/mol. The van der Waals surface area contributed by atoms with E-state index in [-0.39, 0.29) is 6.61 Å². The van der Waals surface area contributed by atoms with E-state index in [0.717, 1.165) is 19.4 Å². The van der Waals surface area contributed by atoms with Crippen molar-refractivity contribution in [2.24, 2.45) is 0 Å². The van der Waals surface area contributed by atoms with E-state index in [4.69, 9.17) is 0 Å². The van der Waals surface area contributed by atoms with Gasteiger partial charge in [-0.2, -0.15) is 0 Å². The molecule has 2 N–H and O–H groups in total. The topological polar surface area (TPSA) is 35.5 Å². The molecule has 0 heterocycles. The van der Waals surface area contributed by atoms with E-state index in [2.05, 4.69) is 62.2 Å². The predicted octanol–water partition coefficient (Wildman–Crippen LogP) is 3.34. The normalized spacial score (nSPS) is 12.7. The molecular formula is C17H30N2O. The summed E-state index contributed by atoms with van der Waals surface area (Å²) in [7, 11) is 0. The summed E-state index contributed by atoms with van der Waals surface area (Å²) >= 11 is 0. The quantitative estimate of drug-likeness (QED) is 0.727. The van der Waals surface area contributed by atoms with Crippen LogP contribution in [0.2, 0.25) is 0 Å². The highest BCUT2D eigenvalue weighted by atomic mass is 16.3. The van der Waals surface area contributed by atoms with Gasteiger partial charge in [0.2, 0.25) is 0 Å². The monoisotopic (exact) mass is 278 g/mol. The molecule has 0 fully saturated rings. The van der Waals surface area contributed by atoms with Crippen LogP contribution in [0.4, 0.5) is 5.69 Å². The maximum atomic E-state index is 9.41. The zero-order valence-electron chi connectivity index (χ0n) is 13.4. The van der Waals surface area contributed by atoms with Gasteiger partial charge in [0.05, 0.1) is 6.61 Å². The van der Waals surface area contributed by atoms with E-state index in [1.807, 2.05) is 0 Å². The molecule has 1 rings (SSSR count). The number of para-hydroxylation sites is 1. The Morgan fingerprint density at radius 1 is 1.15 bits per heavy atom. The van der Waals surface area contributed by atoms with Crippen molar-refractivity contribution in [1.82, 2.24) is 5.32 Å². The fourth-order valence-electron chi connectivity index (χ4n) is 2.87. The van der Waals surface area contributed by atoms with Crippen LogP contribution in [0.3, 0.4) is 0 Å². The van der Waals surface area contributed by atoms with E-state index in [1.165, 1.54) is 11.3 Å². The SMILES string of the molecule is CCNC(C)c1ccccc1N(CCO)C(CC)CC. The Kier molecular flexibility index (Phi) is 7.63. The van der Waals surface area contributed by atoms with Crippen LogP contribution in [0, 0.1) is 0 Å². The van der Waals surface area contributed by atoms with Crippen LogP contribution in [0.15, 0.2) is 24.3 Å². The van der Waals surface area contributed by atoms with Crippen LogP contribution >= 0.6 is 0 Å². The van der Waals surface area contributed by atoms with Gasteiger partial charge in [-0.3, -0.25) is 0 Å². The molecule has 0 aliphatic carbocycles. The molecule has 0 bridgehead atoms. The molecule has 1 unspecified atom stereocenters. The summed E-state index contributed by atoms with van der Waals surface area (Å²) in [6.45, 7) is 10.6. The number of nitrogens with zero attached hydrogens (tertiary/aromatic N) is 1. The van der Waals surface area contributed by atoms with Gasteiger partial charge in [0.1, 0.15) is 0 Å². The third-order valence-corrected chi connectivity index (χ3v) is 3.95. The Morgan fingerprint density at radius 3 is 2.35 bits per heavy atom. The van der Waals surface area contributed by atoms with Crippen molar-refractivity contribution in [2.45, 2.75) is 52.6 Å². The van der Waals surface area contributed by atoms with Crippen molar-refractivity contribution >= 4 is 5.69 Å². The maximum absolute atomic E-state index is 9.41. The summed E-state index contributed by atoms with van der Waals surface area (Å²) < 4.78 is 0. The molecule has 1 aromatic carbocycles. The van der Waals surface area contributed by atoms with E-state index in [1.54, 1.807) is 0 Å². The van der Waals surface area contributed by atoms with Crippen LogP contribution in [-0.2, 0) is 0 Å². The Morgan fingerprint density at radius 2 is 1.80 bits per heavy atom. The average molecular weight is 278 g/mol. The highest BCUT2D eigenvalue weighted by molar-refractivity contribution is 5.55. The Bertz CT molecular complexity index is 377. The summed E-state index contributed by atoms with van der Waals surface area (Å²) in [6, 6.07) is 9.36. The van der Waals surface area contributed by atoms with Gasteiger partial charge in [-0.1, -0.05) is 39.0 Å². The molecule has 0 aromatic heterocycles. The smallest absolute Gasteiger partial charge is 0.0606 e. The minimum absolute atomic E-state index is 0.195. The van der Waals surface area contributed by atoms with Gasteiger partial charge in [0, 0.05) is 24.3 Å². The Hall–Kier alpha value is -1.06. The average Bonchev–Trinajstić information content (AvgIpc) is 2.48. The van der Waals surface area contributed by atoms with E-state index in [0.29, 0.717) is 18.6 Å². The number of aliphatic hydroxyl groups is 1. The second kappa shape index (κ2) is 8.98. The molecule has 0 amide bonds. The van der Waals surface area contributed by atoms with Gasteiger partial charge < -0.3 is 15.3 Å². The number of nitrogens with one attached hydrogen (secondary N) is 1. The molecule has 0 radical (unpaired) electrons. The van der Waals surface area contributed by atoms with Crippen LogP contribution in [0.5, 0.6) is 0 Å². The van der Waals surface area contributed by atoms with Crippen molar-refractivity contribution in [1.29, 1.82) is 0 Å². The summed E-state index contributed by atoms with van der Waals surface area (Å²) in [5.74, 6) is 0. The minimum atomic E-state index is 0.195. The number of benzene rings is 1. The lowest BCUT2D eigenvalue weighted by Crippen LogP contribution is -2.38. The fourth-order valence-corrected chi connectivity index (χ4v) is 2.87. The Balaban J connectivity index is 3.12. The molecule has 0 aliphatic rings. The minimum Gasteiger partial charge on any atom is -0.395 e. The van der Waals surface area contributed by atoms with Gasteiger partial charge in [0.25, 0.3) is 0 Å². The lowest BCUT2D eigenvalue weighted by Gasteiger charge is -2.35. The molecule has 0 spiro atoms. The number of aliphatic hydroxyl groups excluding tert-OH is 1. The molecule has 0 saturated carbocycles. The van der Waals surface area contributed by atoms with Crippen molar-refractivity contribution in [3.8, 4) is 0 Å². The van der Waals surface area contributed by atoms with Crippen molar-refractivity contribution in [2.75, 3.05) is 24.6 Å². The first-order chi connectivity index (χ1) is 9.69. The van der Waals surface area contributed by atoms with Gasteiger partial charge in [-0.05, 0) is 37.9 Å². The molecule has 3 heteroatoms. The van der Waals surface area contributed by atoms with E-state index in [9.17, 15) is 5.11 Å². The molecule has 1 atom stereocenters. The van der Waals surface area contributed by atoms with Gasteiger partial charge in [-0.15, -0.1) is 0 Å². The highest BCUT2D eigenvalue weighted by Gasteiger charge is 2.19. The summed E-state index contributed by atoms with van der Waals surface area (Å²) in [5, 5.41) is 12.9. The first-order valence-electron chi connectivity index (χ1n) is 7.89. The molecule has 0 saturated heterocycles. The standard InChI is InChI=1S/C17H30N2O/c1-5-15(6-2)19(12-13-20)17-11-9-8-10-16(17)14(4)18-7-3/h8-11,14-15,18,20H,5-7,12-13H2,1-4H3. The number of anilines is 1. The summed E-state index contributed by atoms with van der Waals surface area (Å²) in [4.78, 5) is 2.36. The molecule has 3 nitrogen and oxygen atoms in total. The van der Waals surface area contributed by atoms with Crippen LogP contribution < -0.4 is 10.2 Å². The second-order valence-electron chi connectivity index (χ2n) is 5.23. The lowest BCUT2D eigenvalue weighted by molar-refractivity contribution is 0.295. The molecule has 20 heavy (non-hydrogen) atoms. The number of rotatable bonds is 9. The number of hydrogen-bond donors (Lipinski definition) is 2. The first-order valence-corrected chi connectivity index (χ1v) is 7.89. The molecule has 114 valence electrons. The Labute approximate surface area is 124 Å².